The zero-order valence-electron chi connectivity index (χ0n) is 11.6. The van der Waals surface area contributed by atoms with E-state index in [1.807, 2.05) is 0 Å². The van der Waals surface area contributed by atoms with E-state index in [4.69, 9.17) is 0 Å². The molecule has 1 aromatic carbocycles. The fraction of sp³-hybridized carbons (Fsp3) is 0.286. The van der Waals surface area contributed by atoms with Crippen molar-refractivity contribution in [3.8, 4) is 5.75 Å². The molecule has 0 saturated carbocycles. The van der Waals surface area contributed by atoms with Gasteiger partial charge in [-0.2, -0.15) is 13.2 Å². The maximum Gasteiger partial charge on any atom is 0.422 e. The van der Waals surface area contributed by atoms with Crippen LogP contribution in [0.25, 0.3) is 0 Å². The summed E-state index contributed by atoms with van der Waals surface area (Å²) < 4.78 is 41.0. The van der Waals surface area contributed by atoms with Gasteiger partial charge >= 0.3 is 6.18 Å². The average molecular weight is 330 g/mol. The number of nitrogens with zero attached hydrogens (tertiary/aromatic N) is 1. The maximum absolute atomic E-state index is 12.1. The third kappa shape index (κ3) is 4.73. The molecule has 2 aromatic rings. The van der Waals surface area contributed by atoms with Crippen LogP contribution in [0.3, 0.4) is 0 Å². The Hall–Kier alpha value is -2.09. The lowest BCUT2D eigenvalue weighted by Crippen LogP contribution is -2.22. The second-order valence-corrected chi connectivity index (χ2v) is 5.36. The van der Waals surface area contributed by atoms with Gasteiger partial charge in [-0.25, -0.2) is 4.98 Å². The van der Waals surface area contributed by atoms with Gasteiger partial charge in [0.05, 0.1) is 11.2 Å². The van der Waals surface area contributed by atoms with Crippen molar-refractivity contribution >= 4 is 17.2 Å². The van der Waals surface area contributed by atoms with Crippen molar-refractivity contribution in [1.29, 1.82) is 0 Å². The Morgan fingerprint density at radius 2 is 2.18 bits per heavy atom. The summed E-state index contributed by atoms with van der Waals surface area (Å²) in [6.07, 6.45) is -4.38. The first kappa shape index (κ1) is 16.3. The van der Waals surface area contributed by atoms with E-state index in [1.54, 1.807) is 24.6 Å². The highest BCUT2D eigenvalue weighted by Crippen LogP contribution is 2.19. The van der Waals surface area contributed by atoms with Crippen LogP contribution >= 0.6 is 11.3 Å². The second-order valence-electron chi connectivity index (χ2n) is 4.50. The molecule has 0 atom stereocenters. The molecule has 8 heteroatoms. The van der Waals surface area contributed by atoms with Gasteiger partial charge in [0, 0.05) is 6.54 Å². The monoisotopic (exact) mass is 330 g/mol. The second kappa shape index (κ2) is 6.78. The SMILES string of the molecule is Cc1ncsc1C(=O)NCc1cccc(OCC(F)(F)F)c1. The molecule has 118 valence electrons. The molecule has 0 unspecified atom stereocenters. The lowest BCUT2D eigenvalue weighted by molar-refractivity contribution is -0.153. The summed E-state index contributed by atoms with van der Waals surface area (Å²) in [6, 6.07) is 6.17. The van der Waals surface area contributed by atoms with Crippen molar-refractivity contribution < 1.29 is 22.7 Å². The minimum atomic E-state index is -4.38. The molecule has 1 amide bonds. The van der Waals surface area contributed by atoms with Gasteiger partial charge in [-0.3, -0.25) is 4.79 Å². The van der Waals surface area contributed by atoms with Crippen LogP contribution in [0.2, 0.25) is 0 Å². The van der Waals surface area contributed by atoms with E-state index in [-0.39, 0.29) is 18.2 Å². The van der Waals surface area contributed by atoms with E-state index in [0.29, 0.717) is 16.1 Å². The third-order valence-electron chi connectivity index (χ3n) is 2.71. The number of hydrogen-bond acceptors (Lipinski definition) is 4. The van der Waals surface area contributed by atoms with Gasteiger partial charge in [0.2, 0.25) is 0 Å². The van der Waals surface area contributed by atoms with Crippen LogP contribution in [-0.2, 0) is 6.54 Å². The molecule has 0 spiro atoms. The first-order valence-electron chi connectivity index (χ1n) is 6.32. The summed E-state index contributed by atoms with van der Waals surface area (Å²) in [4.78, 5) is 16.4. The number of hydrogen-bond donors (Lipinski definition) is 1. The lowest BCUT2D eigenvalue weighted by atomic mass is 10.2. The van der Waals surface area contributed by atoms with Crippen molar-refractivity contribution in [3.63, 3.8) is 0 Å². The molecule has 0 radical (unpaired) electrons. The number of benzene rings is 1. The van der Waals surface area contributed by atoms with Gasteiger partial charge in [-0.15, -0.1) is 11.3 Å². The number of rotatable bonds is 5. The Morgan fingerprint density at radius 3 is 2.82 bits per heavy atom. The predicted octanol–water partition coefficient (Wildman–Crippen LogP) is 3.32. The number of aryl methyl sites for hydroxylation is 1. The minimum absolute atomic E-state index is 0.109. The average Bonchev–Trinajstić information content (AvgIpc) is 2.89. The van der Waals surface area contributed by atoms with Gasteiger partial charge in [-0.1, -0.05) is 12.1 Å². The molecule has 1 N–H and O–H groups in total. The van der Waals surface area contributed by atoms with Crippen molar-refractivity contribution in [3.05, 3.63) is 45.9 Å². The first-order chi connectivity index (χ1) is 10.3. The highest BCUT2D eigenvalue weighted by Gasteiger charge is 2.28. The van der Waals surface area contributed by atoms with Crippen LogP contribution in [0.15, 0.2) is 29.8 Å². The molecule has 0 aliphatic rings. The Bertz CT molecular complexity index is 656. The summed E-state index contributed by atoms with van der Waals surface area (Å²) >= 11 is 1.23. The maximum atomic E-state index is 12.1. The number of nitrogens with one attached hydrogen (secondary N) is 1. The topological polar surface area (TPSA) is 51.2 Å². The number of ether oxygens (including phenoxy) is 1. The fourth-order valence-corrected chi connectivity index (χ4v) is 2.41. The number of alkyl halides is 3. The molecular formula is C14H13F3N2O2S. The number of halogens is 3. The highest BCUT2D eigenvalue weighted by atomic mass is 32.1. The Morgan fingerprint density at radius 1 is 1.41 bits per heavy atom. The number of aromatic nitrogens is 1. The zero-order valence-corrected chi connectivity index (χ0v) is 12.4. The standard InChI is InChI=1S/C14H13F3N2O2S/c1-9-12(22-8-19-9)13(20)18-6-10-3-2-4-11(5-10)21-7-14(15,16)17/h2-5,8H,6-7H2,1H3,(H,18,20). The highest BCUT2D eigenvalue weighted by molar-refractivity contribution is 7.11. The molecule has 4 nitrogen and oxygen atoms in total. The summed E-state index contributed by atoms with van der Waals surface area (Å²) in [5.41, 5.74) is 2.87. The van der Waals surface area contributed by atoms with E-state index in [2.05, 4.69) is 15.0 Å². The van der Waals surface area contributed by atoms with Crippen molar-refractivity contribution in [1.82, 2.24) is 10.3 Å². The molecule has 0 aliphatic carbocycles. The van der Waals surface area contributed by atoms with E-state index in [0.717, 1.165) is 0 Å². The number of carbonyl (C=O) groups excluding carboxylic acids is 1. The molecule has 1 aromatic heterocycles. The van der Waals surface area contributed by atoms with Gasteiger partial charge < -0.3 is 10.1 Å². The third-order valence-corrected chi connectivity index (χ3v) is 3.63. The van der Waals surface area contributed by atoms with Gasteiger partial charge in [-0.05, 0) is 24.6 Å². The smallest absolute Gasteiger partial charge is 0.422 e. The van der Waals surface area contributed by atoms with Crippen LogP contribution in [0.5, 0.6) is 5.75 Å². The van der Waals surface area contributed by atoms with Gasteiger partial charge in [0.25, 0.3) is 5.91 Å². The molecule has 0 fully saturated rings. The summed E-state index contributed by atoms with van der Waals surface area (Å²) in [5.74, 6) is -0.153. The Balaban J connectivity index is 1.93. The molecule has 1 heterocycles. The van der Waals surface area contributed by atoms with Crippen LogP contribution in [0, 0.1) is 6.92 Å². The van der Waals surface area contributed by atoms with Crippen molar-refractivity contribution in [2.45, 2.75) is 19.6 Å². The van der Waals surface area contributed by atoms with E-state index in [9.17, 15) is 18.0 Å². The lowest BCUT2D eigenvalue weighted by Gasteiger charge is -2.10. The van der Waals surface area contributed by atoms with Gasteiger partial charge in [0.1, 0.15) is 10.6 Å². The number of carbonyl (C=O) groups is 1. The molecule has 0 saturated heterocycles. The van der Waals surface area contributed by atoms with Gasteiger partial charge in [0.15, 0.2) is 6.61 Å². The first-order valence-corrected chi connectivity index (χ1v) is 7.20. The van der Waals surface area contributed by atoms with Crippen LogP contribution < -0.4 is 10.1 Å². The van der Waals surface area contributed by atoms with Crippen LogP contribution in [0.4, 0.5) is 13.2 Å². The number of amides is 1. The summed E-state index contributed by atoms with van der Waals surface area (Å²) in [5, 5.41) is 2.70. The Kier molecular flexibility index (Phi) is 5.02. The van der Waals surface area contributed by atoms with E-state index >= 15 is 0 Å². The van der Waals surface area contributed by atoms with Crippen LogP contribution in [-0.4, -0.2) is 23.7 Å². The molecular weight excluding hydrogens is 317 g/mol. The number of thiazole rings is 1. The zero-order chi connectivity index (χ0) is 16.2. The molecule has 0 aliphatic heterocycles. The van der Waals surface area contributed by atoms with Crippen molar-refractivity contribution in [2.24, 2.45) is 0 Å². The normalized spacial score (nSPS) is 11.3. The Labute approximate surface area is 128 Å². The minimum Gasteiger partial charge on any atom is -0.484 e. The van der Waals surface area contributed by atoms with E-state index < -0.39 is 12.8 Å². The van der Waals surface area contributed by atoms with Crippen LogP contribution in [0.1, 0.15) is 20.9 Å². The van der Waals surface area contributed by atoms with E-state index in [1.165, 1.54) is 23.5 Å². The summed E-state index contributed by atoms with van der Waals surface area (Å²) in [7, 11) is 0. The molecule has 22 heavy (non-hydrogen) atoms. The quantitative estimate of drug-likeness (QED) is 0.915. The summed E-state index contributed by atoms with van der Waals surface area (Å²) in [6.45, 7) is 0.583. The molecule has 2 rings (SSSR count). The fourth-order valence-electron chi connectivity index (χ4n) is 1.69. The predicted molar refractivity (Wildman–Crippen MR) is 76.0 cm³/mol. The van der Waals surface area contributed by atoms with Crippen molar-refractivity contribution in [2.75, 3.05) is 6.61 Å². The molecule has 0 bridgehead atoms. The largest absolute Gasteiger partial charge is 0.484 e.